The van der Waals surface area contributed by atoms with Crippen molar-refractivity contribution >= 4 is 21.8 Å². The molecule has 0 saturated carbocycles. The van der Waals surface area contributed by atoms with Gasteiger partial charge in [-0.15, -0.1) is 5.10 Å². The normalized spacial score (nSPS) is 10.7. The van der Waals surface area contributed by atoms with Gasteiger partial charge in [0.2, 0.25) is 0 Å². The minimum atomic E-state index is -0.388. The van der Waals surface area contributed by atoms with Crippen LogP contribution in [-0.4, -0.2) is 20.9 Å². The highest BCUT2D eigenvalue weighted by molar-refractivity contribution is 9.10. The molecule has 1 N–H and O–H groups in total. The average Bonchev–Trinajstić information content (AvgIpc) is 2.98. The van der Waals surface area contributed by atoms with Gasteiger partial charge >= 0.3 is 0 Å². The zero-order chi connectivity index (χ0) is 18.0. The van der Waals surface area contributed by atoms with Crippen molar-refractivity contribution in [3.8, 4) is 5.69 Å². The first kappa shape index (κ1) is 17.3. The van der Waals surface area contributed by atoms with Gasteiger partial charge in [0.05, 0.1) is 11.4 Å². The van der Waals surface area contributed by atoms with Crippen molar-refractivity contribution in [2.75, 3.05) is 0 Å². The summed E-state index contributed by atoms with van der Waals surface area (Å²) in [6, 6.07) is 12.1. The van der Waals surface area contributed by atoms with E-state index in [0.717, 1.165) is 15.7 Å². The van der Waals surface area contributed by atoms with Crippen molar-refractivity contribution in [2.24, 2.45) is 0 Å². The number of benzene rings is 2. The van der Waals surface area contributed by atoms with Gasteiger partial charge in [-0.05, 0) is 43.7 Å². The van der Waals surface area contributed by atoms with Gasteiger partial charge in [0.15, 0.2) is 5.69 Å². The van der Waals surface area contributed by atoms with E-state index in [1.807, 2.05) is 25.1 Å². The van der Waals surface area contributed by atoms with Crippen LogP contribution >= 0.6 is 15.9 Å². The van der Waals surface area contributed by atoms with Crippen LogP contribution in [0.25, 0.3) is 5.69 Å². The van der Waals surface area contributed by atoms with Gasteiger partial charge in [0.25, 0.3) is 5.91 Å². The number of halogens is 2. The SMILES string of the molecule is Cc1cc(-n2nnc(C(=O)NCc3ccccc3F)c2C)ccc1Br. The topological polar surface area (TPSA) is 59.8 Å². The molecule has 0 unspecified atom stereocenters. The molecule has 1 aromatic heterocycles. The van der Waals surface area contributed by atoms with Gasteiger partial charge in [-0.3, -0.25) is 4.79 Å². The molecule has 7 heteroatoms. The number of rotatable bonds is 4. The third-order valence-corrected chi connectivity index (χ3v) is 4.78. The molecular formula is C18H16BrFN4O. The molecule has 3 aromatic rings. The first-order valence-electron chi connectivity index (χ1n) is 7.68. The van der Waals surface area contributed by atoms with Crippen LogP contribution in [0.5, 0.6) is 0 Å². The van der Waals surface area contributed by atoms with E-state index in [-0.39, 0.29) is 24.0 Å². The van der Waals surface area contributed by atoms with Crippen molar-refractivity contribution < 1.29 is 9.18 Å². The second-order valence-corrected chi connectivity index (χ2v) is 6.50. The first-order chi connectivity index (χ1) is 12.0. The maximum absolute atomic E-state index is 13.6. The van der Waals surface area contributed by atoms with Gasteiger partial charge < -0.3 is 5.32 Å². The van der Waals surface area contributed by atoms with E-state index in [2.05, 4.69) is 31.6 Å². The van der Waals surface area contributed by atoms with Gasteiger partial charge in [0, 0.05) is 16.6 Å². The molecule has 0 atom stereocenters. The largest absolute Gasteiger partial charge is 0.346 e. The molecule has 5 nitrogen and oxygen atoms in total. The molecule has 0 aliphatic rings. The highest BCUT2D eigenvalue weighted by Crippen LogP contribution is 2.20. The number of nitrogens with one attached hydrogen (secondary N) is 1. The van der Waals surface area contributed by atoms with Crippen LogP contribution < -0.4 is 5.32 Å². The van der Waals surface area contributed by atoms with Crippen molar-refractivity contribution in [1.29, 1.82) is 0 Å². The summed E-state index contributed by atoms with van der Waals surface area (Å²) in [6.07, 6.45) is 0. The summed E-state index contributed by atoms with van der Waals surface area (Å²) >= 11 is 3.46. The van der Waals surface area contributed by atoms with Crippen molar-refractivity contribution in [3.05, 3.63) is 75.3 Å². The summed E-state index contributed by atoms with van der Waals surface area (Å²) in [7, 11) is 0. The maximum atomic E-state index is 13.6. The quantitative estimate of drug-likeness (QED) is 0.723. The monoisotopic (exact) mass is 402 g/mol. The lowest BCUT2D eigenvalue weighted by molar-refractivity contribution is 0.0945. The molecule has 0 aliphatic heterocycles. The van der Waals surface area contributed by atoms with Crippen LogP contribution in [0.2, 0.25) is 0 Å². The Labute approximate surface area is 153 Å². The Balaban J connectivity index is 1.79. The van der Waals surface area contributed by atoms with E-state index >= 15 is 0 Å². The lowest BCUT2D eigenvalue weighted by atomic mass is 10.2. The van der Waals surface area contributed by atoms with E-state index in [0.29, 0.717) is 11.3 Å². The highest BCUT2D eigenvalue weighted by Gasteiger charge is 2.17. The van der Waals surface area contributed by atoms with E-state index in [1.165, 1.54) is 6.07 Å². The number of aryl methyl sites for hydroxylation is 1. The molecular weight excluding hydrogens is 387 g/mol. The fraction of sp³-hybridized carbons (Fsp3) is 0.167. The molecule has 2 aromatic carbocycles. The predicted molar refractivity (Wildman–Crippen MR) is 96.1 cm³/mol. The van der Waals surface area contributed by atoms with Crippen molar-refractivity contribution in [1.82, 2.24) is 20.3 Å². The van der Waals surface area contributed by atoms with Crippen LogP contribution in [0.3, 0.4) is 0 Å². The van der Waals surface area contributed by atoms with Gasteiger partial charge in [-0.2, -0.15) is 0 Å². The minimum absolute atomic E-state index is 0.0925. The predicted octanol–water partition coefficient (Wildman–Crippen LogP) is 3.72. The van der Waals surface area contributed by atoms with Crippen LogP contribution in [0.1, 0.15) is 27.3 Å². The maximum Gasteiger partial charge on any atom is 0.274 e. The molecule has 0 saturated heterocycles. The van der Waals surface area contributed by atoms with Crippen molar-refractivity contribution in [2.45, 2.75) is 20.4 Å². The zero-order valence-electron chi connectivity index (χ0n) is 13.8. The number of amides is 1. The van der Waals surface area contributed by atoms with E-state index < -0.39 is 0 Å². The Kier molecular flexibility index (Phi) is 4.94. The summed E-state index contributed by atoms with van der Waals surface area (Å²) in [4.78, 5) is 12.4. The minimum Gasteiger partial charge on any atom is -0.346 e. The van der Waals surface area contributed by atoms with Crippen LogP contribution in [0.4, 0.5) is 4.39 Å². The third kappa shape index (κ3) is 3.61. The Morgan fingerprint density at radius 1 is 1.24 bits per heavy atom. The number of hydrogen-bond acceptors (Lipinski definition) is 3. The summed E-state index contributed by atoms with van der Waals surface area (Å²) in [6.45, 7) is 3.84. The van der Waals surface area contributed by atoms with E-state index in [4.69, 9.17) is 0 Å². The summed E-state index contributed by atoms with van der Waals surface area (Å²) in [5.41, 5.74) is 3.13. The summed E-state index contributed by atoms with van der Waals surface area (Å²) < 4.78 is 16.2. The molecule has 1 amide bonds. The fourth-order valence-corrected chi connectivity index (χ4v) is 2.69. The lowest BCUT2D eigenvalue weighted by Gasteiger charge is -2.07. The molecule has 1 heterocycles. The molecule has 0 bridgehead atoms. The van der Waals surface area contributed by atoms with Crippen molar-refractivity contribution in [3.63, 3.8) is 0 Å². The number of aromatic nitrogens is 3. The fourth-order valence-electron chi connectivity index (χ4n) is 2.45. The lowest BCUT2D eigenvalue weighted by Crippen LogP contribution is -2.24. The number of carbonyl (C=O) groups excluding carboxylic acids is 1. The molecule has 0 spiro atoms. The standard InChI is InChI=1S/C18H16BrFN4O/c1-11-9-14(7-8-15(11)19)24-12(2)17(22-23-24)18(25)21-10-13-5-3-4-6-16(13)20/h3-9H,10H2,1-2H3,(H,21,25). The second-order valence-electron chi connectivity index (χ2n) is 5.64. The Bertz CT molecular complexity index is 939. The zero-order valence-corrected chi connectivity index (χ0v) is 15.3. The number of hydrogen-bond donors (Lipinski definition) is 1. The van der Waals surface area contributed by atoms with Crippen LogP contribution in [0, 0.1) is 19.7 Å². The molecule has 0 aliphatic carbocycles. The van der Waals surface area contributed by atoms with Gasteiger partial charge in [0.1, 0.15) is 5.82 Å². The van der Waals surface area contributed by atoms with Gasteiger partial charge in [-0.25, -0.2) is 9.07 Å². The smallest absolute Gasteiger partial charge is 0.274 e. The van der Waals surface area contributed by atoms with E-state index in [9.17, 15) is 9.18 Å². The number of carbonyl (C=O) groups is 1. The molecule has 128 valence electrons. The first-order valence-corrected chi connectivity index (χ1v) is 8.47. The Morgan fingerprint density at radius 2 is 2.00 bits per heavy atom. The molecule has 3 rings (SSSR count). The average molecular weight is 403 g/mol. The Morgan fingerprint density at radius 3 is 2.72 bits per heavy atom. The van der Waals surface area contributed by atoms with Gasteiger partial charge in [-0.1, -0.05) is 39.3 Å². The Hall–Kier alpha value is -2.54. The molecule has 0 fully saturated rings. The summed E-state index contributed by atoms with van der Waals surface area (Å²) in [5, 5.41) is 10.7. The second kappa shape index (κ2) is 7.14. The van der Waals surface area contributed by atoms with Crippen LogP contribution in [0.15, 0.2) is 46.9 Å². The number of nitrogens with zero attached hydrogens (tertiary/aromatic N) is 3. The van der Waals surface area contributed by atoms with E-state index in [1.54, 1.807) is 29.8 Å². The third-order valence-electron chi connectivity index (χ3n) is 3.89. The highest BCUT2D eigenvalue weighted by atomic mass is 79.9. The van der Waals surface area contributed by atoms with Crippen LogP contribution in [-0.2, 0) is 6.54 Å². The summed E-state index contributed by atoms with van der Waals surface area (Å²) in [5.74, 6) is -0.741. The molecule has 0 radical (unpaired) electrons. The molecule has 25 heavy (non-hydrogen) atoms.